The van der Waals surface area contributed by atoms with Crippen molar-refractivity contribution in [1.82, 2.24) is 9.47 Å². The van der Waals surface area contributed by atoms with Gasteiger partial charge >= 0.3 is 0 Å². The number of likely N-dealkylation sites (tertiary alicyclic amines) is 1. The topological polar surface area (TPSA) is 37.3 Å². The second kappa shape index (κ2) is 6.88. The Morgan fingerprint density at radius 2 is 2.30 bits per heavy atom. The summed E-state index contributed by atoms with van der Waals surface area (Å²) in [6.45, 7) is 5.86. The first-order chi connectivity index (χ1) is 9.61. The van der Waals surface area contributed by atoms with Crippen molar-refractivity contribution in [3.63, 3.8) is 0 Å². The first-order valence-electron chi connectivity index (χ1n) is 7.38. The molecule has 112 valence electrons. The summed E-state index contributed by atoms with van der Waals surface area (Å²) in [5, 5.41) is 3.18. The molecule has 0 bridgehead atoms. The van der Waals surface area contributed by atoms with Crippen molar-refractivity contribution in [2.45, 2.75) is 38.8 Å². The number of alkyl halides is 1. The van der Waals surface area contributed by atoms with E-state index in [2.05, 4.69) is 10.2 Å². The standard InChI is InChI=1S/C15H24FN3O/c1-12(2)17-14-6-4-9-19(15(14)20)13-5-3-8-18(11-13)10-7-16/h4,6,9,12-13,17H,3,5,7-8,10-11H2,1-2H3/t13-/m1/s1. The molecule has 0 radical (unpaired) electrons. The molecule has 1 aliphatic heterocycles. The lowest BCUT2D eigenvalue weighted by Crippen LogP contribution is -2.41. The summed E-state index contributed by atoms with van der Waals surface area (Å²) in [6.07, 6.45) is 3.84. The van der Waals surface area contributed by atoms with E-state index in [4.69, 9.17) is 0 Å². The lowest BCUT2D eigenvalue weighted by Gasteiger charge is -2.33. The van der Waals surface area contributed by atoms with Gasteiger partial charge in [-0.05, 0) is 45.4 Å². The molecule has 0 aliphatic carbocycles. The van der Waals surface area contributed by atoms with E-state index in [9.17, 15) is 9.18 Å². The van der Waals surface area contributed by atoms with Crippen LogP contribution >= 0.6 is 0 Å². The molecule has 0 aromatic carbocycles. The van der Waals surface area contributed by atoms with Crippen molar-refractivity contribution in [2.75, 3.05) is 31.6 Å². The van der Waals surface area contributed by atoms with E-state index in [-0.39, 0.29) is 24.3 Å². The van der Waals surface area contributed by atoms with E-state index < -0.39 is 0 Å². The van der Waals surface area contributed by atoms with Crippen LogP contribution in [0.25, 0.3) is 0 Å². The lowest BCUT2D eigenvalue weighted by atomic mass is 10.1. The van der Waals surface area contributed by atoms with Crippen LogP contribution in [-0.4, -0.2) is 41.8 Å². The Morgan fingerprint density at radius 1 is 1.50 bits per heavy atom. The molecular formula is C15H24FN3O. The Bertz CT molecular complexity index is 484. The molecule has 1 fully saturated rings. The zero-order valence-corrected chi connectivity index (χ0v) is 12.3. The van der Waals surface area contributed by atoms with Gasteiger partial charge in [0.15, 0.2) is 0 Å². The first kappa shape index (κ1) is 15.0. The molecule has 5 heteroatoms. The number of piperidine rings is 1. The van der Waals surface area contributed by atoms with E-state index in [0.717, 1.165) is 25.9 Å². The van der Waals surface area contributed by atoms with Gasteiger partial charge in [0.05, 0.1) is 0 Å². The van der Waals surface area contributed by atoms with Gasteiger partial charge in [0, 0.05) is 31.4 Å². The predicted octanol–water partition coefficient (Wildman–Crippen LogP) is 2.28. The van der Waals surface area contributed by atoms with E-state index >= 15 is 0 Å². The van der Waals surface area contributed by atoms with E-state index in [1.54, 1.807) is 4.57 Å². The average Bonchev–Trinajstić information content (AvgIpc) is 2.41. The van der Waals surface area contributed by atoms with E-state index in [0.29, 0.717) is 12.2 Å². The molecule has 1 aromatic heterocycles. The molecule has 0 unspecified atom stereocenters. The number of nitrogens with one attached hydrogen (secondary N) is 1. The number of halogens is 1. The molecule has 1 N–H and O–H groups in total. The Balaban J connectivity index is 2.17. The van der Waals surface area contributed by atoms with Crippen LogP contribution in [0.15, 0.2) is 23.1 Å². The normalized spacial score (nSPS) is 20.3. The first-order valence-corrected chi connectivity index (χ1v) is 7.38. The Hall–Kier alpha value is -1.36. The second-order valence-corrected chi connectivity index (χ2v) is 5.72. The molecular weight excluding hydrogens is 257 g/mol. The minimum Gasteiger partial charge on any atom is -0.378 e. The van der Waals surface area contributed by atoms with Crippen LogP contribution in [0.4, 0.5) is 10.1 Å². The maximum atomic E-state index is 12.5. The highest BCUT2D eigenvalue weighted by atomic mass is 19.1. The quantitative estimate of drug-likeness (QED) is 0.899. The maximum Gasteiger partial charge on any atom is 0.274 e. The van der Waals surface area contributed by atoms with Crippen LogP contribution < -0.4 is 10.9 Å². The van der Waals surface area contributed by atoms with Gasteiger partial charge in [-0.15, -0.1) is 0 Å². The smallest absolute Gasteiger partial charge is 0.274 e. The number of anilines is 1. The van der Waals surface area contributed by atoms with Crippen LogP contribution in [0.1, 0.15) is 32.7 Å². The highest BCUT2D eigenvalue weighted by Gasteiger charge is 2.22. The molecule has 1 aliphatic rings. The van der Waals surface area contributed by atoms with Crippen molar-refractivity contribution < 1.29 is 4.39 Å². The van der Waals surface area contributed by atoms with Crippen LogP contribution in [0, 0.1) is 0 Å². The molecule has 1 aromatic rings. The zero-order chi connectivity index (χ0) is 14.5. The summed E-state index contributed by atoms with van der Waals surface area (Å²) >= 11 is 0. The maximum absolute atomic E-state index is 12.5. The number of hydrogen-bond acceptors (Lipinski definition) is 3. The number of rotatable bonds is 5. The molecule has 1 saturated heterocycles. The van der Waals surface area contributed by atoms with Crippen LogP contribution in [-0.2, 0) is 0 Å². The van der Waals surface area contributed by atoms with Crippen LogP contribution in [0.2, 0.25) is 0 Å². The van der Waals surface area contributed by atoms with Gasteiger partial charge in [0.1, 0.15) is 12.4 Å². The predicted molar refractivity (Wildman–Crippen MR) is 80.1 cm³/mol. The lowest BCUT2D eigenvalue weighted by molar-refractivity contribution is 0.164. The van der Waals surface area contributed by atoms with Crippen molar-refractivity contribution in [2.24, 2.45) is 0 Å². The Kier molecular flexibility index (Phi) is 5.17. The monoisotopic (exact) mass is 281 g/mol. The summed E-state index contributed by atoms with van der Waals surface area (Å²) in [5.74, 6) is 0. The average molecular weight is 281 g/mol. The Morgan fingerprint density at radius 3 is 3.00 bits per heavy atom. The molecule has 2 heterocycles. The third kappa shape index (κ3) is 3.60. The zero-order valence-electron chi connectivity index (χ0n) is 12.3. The summed E-state index contributed by atoms with van der Waals surface area (Å²) < 4.78 is 14.3. The number of aromatic nitrogens is 1. The minimum absolute atomic E-state index is 0.0216. The summed E-state index contributed by atoms with van der Waals surface area (Å²) in [5.41, 5.74) is 0.665. The SMILES string of the molecule is CC(C)Nc1cccn([C@@H]2CCCN(CCF)C2)c1=O. The third-order valence-electron chi connectivity index (χ3n) is 3.69. The molecule has 2 rings (SSSR count). The number of nitrogens with zero attached hydrogens (tertiary/aromatic N) is 2. The number of hydrogen-bond donors (Lipinski definition) is 1. The summed E-state index contributed by atoms with van der Waals surface area (Å²) in [7, 11) is 0. The van der Waals surface area contributed by atoms with E-state index in [1.165, 1.54) is 0 Å². The second-order valence-electron chi connectivity index (χ2n) is 5.72. The molecule has 0 spiro atoms. The van der Waals surface area contributed by atoms with Crippen molar-refractivity contribution in [1.29, 1.82) is 0 Å². The molecule has 0 amide bonds. The van der Waals surface area contributed by atoms with Gasteiger partial charge in [-0.2, -0.15) is 0 Å². The molecule has 20 heavy (non-hydrogen) atoms. The highest BCUT2D eigenvalue weighted by molar-refractivity contribution is 5.41. The fourth-order valence-electron chi connectivity index (χ4n) is 2.80. The van der Waals surface area contributed by atoms with Crippen molar-refractivity contribution in [3.05, 3.63) is 28.7 Å². The van der Waals surface area contributed by atoms with Gasteiger partial charge in [0.2, 0.25) is 0 Å². The molecule has 1 atom stereocenters. The minimum atomic E-state index is -0.323. The highest BCUT2D eigenvalue weighted by Crippen LogP contribution is 2.20. The largest absolute Gasteiger partial charge is 0.378 e. The molecule has 4 nitrogen and oxygen atoms in total. The van der Waals surface area contributed by atoms with Gasteiger partial charge in [0.25, 0.3) is 5.56 Å². The van der Waals surface area contributed by atoms with Gasteiger partial charge in [-0.3, -0.25) is 9.69 Å². The van der Waals surface area contributed by atoms with Gasteiger partial charge in [-0.25, -0.2) is 4.39 Å². The number of pyridine rings is 1. The van der Waals surface area contributed by atoms with Crippen LogP contribution in [0.3, 0.4) is 0 Å². The summed E-state index contributed by atoms with van der Waals surface area (Å²) in [6, 6.07) is 4.10. The Labute approximate surface area is 119 Å². The fourth-order valence-corrected chi connectivity index (χ4v) is 2.80. The van der Waals surface area contributed by atoms with Crippen molar-refractivity contribution >= 4 is 5.69 Å². The third-order valence-corrected chi connectivity index (χ3v) is 3.69. The van der Waals surface area contributed by atoms with Crippen LogP contribution in [0.5, 0.6) is 0 Å². The van der Waals surface area contributed by atoms with Crippen molar-refractivity contribution in [3.8, 4) is 0 Å². The van der Waals surface area contributed by atoms with E-state index in [1.807, 2.05) is 32.2 Å². The van der Waals surface area contributed by atoms with Gasteiger partial charge in [-0.1, -0.05) is 0 Å². The molecule has 0 saturated carbocycles. The summed E-state index contributed by atoms with van der Waals surface area (Å²) in [4.78, 5) is 14.6. The fraction of sp³-hybridized carbons (Fsp3) is 0.667. The van der Waals surface area contributed by atoms with Gasteiger partial charge < -0.3 is 9.88 Å².